The third-order valence-electron chi connectivity index (χ3n) is 11.9. The lowest BCUT2D eigenvalue weighted by molar-refractivity contribution is 0.436. The van der Waals surface area contributed by atoms with E-state index in [1.165, 1.54) is 27.8 Å². The van der Waals surface area contributed by atoms with Crippen LogP contribution in [0, 0.1) is 0 Å². The number of benzene rings is 8. The fourth-order valence-electron chi connectivity index (χ4n) is 9.43. The smallest absolute Gasteiger partial charge is 0.235 e. The maximum Gasteiger partial charge on any atom is 0.235 e. The Morgan fingerprint density at radius 1 is 0.368 bits per heavy atom. The van der Waals surface area contributed by atoms with Crippen LogP contribution in [0.4, 0.5) is 0 Å². The van der Waals surface area contributed by atoms with Crippen LogP contribution in [-0.2, 0) is 5.41 Å². The van der Waals surface area contributed by atoms with Crippen LogP contribution in [-0.4, -0.2) is 14.5 Å². The Morgan fingerprint density at radius 2 is 0.965 bits per heavy atom. The van der Waals surface area contributed by atoms with Crippen LogP contribution in [0.5, 0.6) is 11.5 Å². The molecule has 57 heavy (non-hydrogen) atoms. The third kappa shape index (κ3) is 4.62. The molecular weight excluding hydrogens is 695 g/mol. The number of aromatic nitrogens is 3. The summed E-state index contributed by atoms with van der Waals surface area (Å²) in [6.07, 6.45) is 0. The van der Waals surface area contributed by atoms with Crippen molar-refractivity contribution in [3.63, 3.8) is 0 Å². The van der Waals surface area contributed by atoms with Crippen molar-refractivity contribution in [1.82, 2.24) is 14.5 Å². The van der Waals surface area contributed by atoms with Crippen molar-refractivity contribution in [1.29, 1.82) is 0 Å². The molecule has 0 saturated heterocycles. The van der Waals surface area contributed by atoms with Gasteiger partial charge in [0.2, 0.25) is 5.95 Å². The van der Waals surface area contributed by atoms with E-state index >= 15 is 0 Å². The van der Waals surface area contributed by atoms with E-state index in [1.54, 1.807) is 0 Å². The van der Waals surface area contributed by atoms with Gasteiger partial charge in [-0.2, -0.15) is 0 Å². The first-order valence-electron chi connectivity index (χ1n) is 19.4. The maximum atomic E-state index is 6.78. The minimum Gasteiger partial charge on any atom is -0.457 e. The summed E-state index contributed by atoms with van der Waals surface area (Å²) in [5.74, 6) is 2.39. The van der Waals surface area contributed by atoms with Gasteiger partial charge >= 0.3 is 0 Å². The van der Waals surface area contributed by atoms with E-state index in [9.17, 15) is 0 Å². The first-order valence-corrected chi connectivity index (χ1v) is 19.4. The van der Waals surface area contributed by atoms with Gasteiger partial charge in [0, 0.05) is 33.0 Å². The molecule has 12 rings (SSSR count). The molecule has 4 heteroatoms. The number of nitrogens with zero attached hydrogens (tertiary/aromatic N) is 3. The van der Waals surface area contributed by atoms with Crippen LogP contribution in [0.3, 0.4) is 0 Å². The highest BCUT2D eigenvalue weighted by Crippen LogP contribution is 2.63. The fraction of sp³-hybridized carbons (Fsp3) is 0.0189. The molecule has 266 valence electrons. The molecule has 1 aliphatic heterocycles. The van der Waals surface area contributed by atoms with Crippen LogP contribution in [0.1, 0.15) is 22.3 Å². The Morgan fingerprint density at radius 3 is 1.70 bits per heavy atom. The molecule has 8 aromatic carbocycles. The van der Waals surface area contributed by atoms with Crippen molar-refractivity contribution in [3.05, 3.63) is 222 Å². The lowest BCUT2D eigenvalue weighted by atomic mass is 9.65. The van der Waals surface area contributed by atoms with E-state index < -0.39 is 5.41 Å². The Bertz CT molecular complexity index is 3150. The van der Waals surface area contributed by atoms with Crippen molar-refractivity contribution in [3.8, 4) is 62.2 Å². The van der Waals surface area contributed by atoms with Gasteiger partial charge in [0.05, 0.1) is 27.8 Å². The SMILES string of the molecule is c1ccc(-c2ccc3c(c2)C2(c4ccccc4O3)c3ccccc3-c3cc4c(cc32)c2ccccc2n4-c2nc(-c3ccccc3)cc(-c3ccccc3)n2)cc1. The molecule has 0 radical (unpaired) electrons. The average molecular weight is 728 g/mol. The van der Waals surface area contributed by atoms with Gasteiger partial charge < -0.3 is 4.74 Å². The number of fused-ring (bicyclic) bond motifs is 12. The molecule has 0 bridgehead atoms. The monoisotopic (exact) mass is 727 g/mol. The molecule has 10 aromatic rings. The summed E-state index contributed by atoms with van der Waals surface area (Å²) in [5, 5.41) is 2.30. The minimum absolute atomic E-state index is 0.623. The zero-order valence-electron chi connectivity index (χ0n) is 30.8. The highest BCUT2D eigenvalue weighted by atomic mass is 16.5. The van der Waals surface area contributed by atoms with E-state index in [-0.39, 0.29) is 0 Å². The van der Waals surface area contributed by atoms with Crippen molar-refractivity contribution in [2.75, 3.05) is 0 Å². The van der Waals surface area contributed by atoms with Gasteiger partial charge in [-0.3, -0.25) is 4.57 Å². The van der Waals surface area contributed by atoms with Crippen molar-refractivity contribution in [2.45, 2.75) is 5.41 Å². The molecule has 1 unspecified atom stereocenters. The Hall–Kier alpha value is -7.56. The Labute approximate surface area is 330 Å². The van der Waals surface area contributed by atoms with Gasteiger partial charge in [-0.1, -0.05) is 158 Å². The van der Waals surface area contributed by atoms with Gasteiger partial charge in [-0.15, -0.1) is 0 Å². The van der Waals surface area contributed by atoms with E-state index in [0.29, 0.717) is 5.95 Å². The van der Waals surface area contributed by atoms with Crippen molar-refractivity contribution in [2.24, 2.45) is 0 Å². The molecular formula is C53H33N3O. The van der Waals surface area contributed by atoms with Crippen LogP contribution in [0.25, 0.3) is 72.5 Å². The van der Waals surface area contributed by atoms with Gasteiger partial charge in [0.25, 0.3) is 0 Å². The molecule has 2 aromatic heterocycles. The second-order valence-corrected chi connectivity index (χ2v) is 14.9. The molecule has 1 spiro atoms. The topological polar surface area (TPSA) is 39.9 Å². The molecule has 1 atom stereocenters. The summed E-state index contributed by atoms with van der Waals surface area (Å²) < 4.78 is 9.04. The standard InChI is InChI=1S/C53H33N3O/c1-4-16-34(17-5-1)37-28-29-51-45(30-37)53(43-25-13-15-27-50(43)57-51)42-24-12-10-22-38(42)40-32-49-41(31-44(40)53)39-23-11-14-26-48(39)56(49)52-54-46(35-18-6-2-7-19-35)33-47(55-52)36-20-8-3-9-21-36/h1-33H. The average Bonchev–Trinajstić information content (AvgIpc) is 3.76. The highest BCUT2D eigenvalue weighted by Gasteiger charge is 2.51. The first-order chi connectivity index (χ1) is 28.3. The number of hydrogen-bond acceptors (Lipinski definition) is 3. The molecule has 0 N–H and O–H groups in total. The minimum atomic E-state index is -0.623. The Balaban J connectivity index is 1.18. The van der Waals surface area contributed by atoms with Crippen molar-refractivity contribution < 1.29 is 4.74 Å². The summed E-state index contributed by atoms with van der Waals surface area (Å²) in [5.41, 5.74) is 14.8. The quantitative estimate of drug-likeness (QED) is 0.181. The molecule has 1 aliphatic carbocycles. The summed E-state index contributed by atoms with van der Waals surface area (Å²) in [6.45, 7) is 0. The summed E-state index contributed by atoms with van der Waals surface area (Å²) >= 11 is 0. The van der Waals surface area contributed by atoms with Gasteiger partial charge in [-0.25, -0.2) is 9.97 Å². The second-order valence-electron chi connectivity index (χ2n) is 14.9. The number of ether oxygens (including phenoxy) is 1. The summed E-state index contributed by atoms with van der Waals surface area (Å²) in [4.78, 5) is 10.7. The maximum absolute atomic E-state index is 6.78. The van der Waals surface area contributed by atoms with Gasteiger partial charge in [-0.05, 0) is 75.8 Å². The first kappa shape index (κ1) is 31.8. The molecule has 3 heterocycles. The summed E-state index contributed by atoms with van der Waals surface area (Å²) in [7, 11) is 0. The number of hydrogen-bond donors (Lipinski definition) is 0. The van der Waals surface area contributed by atoms with Gasteiger partial charge in [0.1, 0.15) is 11.5 Å². The number of rotatable bonds is 4. The zero-order chi connectivity index (χ0) is 37.5. The Kier molecular flexibility index (Phi) is 6.81. The van der Waals surface area contributed by atoms with E-state index in [2.05, 4.69) is 193 Å². The molecule has 4 nitrogen and oxygen atoms in total. The number of para-hydroxylation sites is 2. The third-order valence-corrected chi connectivity index (χ3v) is 11.9. The second kappa shape index (κ2) is 12.2. The zero-order valence-corrected chi connectivity index (χ0v) is 30.8. The van der Waals surface area contributed by atoms with Crippen LogP contribution in [0.2, 0.25) is 0 Å². The largest absolute Gasteiger partial charge is 0.457 e. The van der Waals surface area contributed by atoms with Gasteiger partial charge in [0.15, 0.2) is 0 Å². The predicted octanol–water partition coefficient (Wildman–Crippen LogP) is 13.0. The predicted molar refractivity (Wildman–Crippen MR) is 230 cm³/mol. The van der Waals surface area contributed by atoms with E-state index in [4.69, 9.17) is 14.7 Å². The highest BCUT2D eigenvalue weighted by molar-refractivity contribution is 6.12. The molecule has 0 fully saturated rings. The van der Waals surface area contributed by atoms with Crippen LogP contribution >= 0.6 is 0 Å². The lowest BCUT2D eigenvalue weighted by Gasteiger charge is -2.39. The van der Waals surface area contributed by atoms with E-state index in [0.717, 1.165) is 72.5 Å². The molecule has 2 aliphatic rings. The van der Waals surface area contributed by atoms with Crippen molar-refractivity contribution >= 4 is 21.8 Å². The van der Waals surface area contributed by atoms with Crippen LogP contribution in [0.15, 0.2) is 200 Å². The van der Waals surface area contributed by atoms with Crippen LogP contribution < -0.4 is 4.74 Å². The molecule has 0 amide bonds. The molecule has 0 saturated carbocycles. The van der Waals surface area contributed by atoms with E-state index in [1.807, 2.05) is 12.1 Å². The lowest BCUT2D eigenvalue weighted by Crippen LogP contribution is -2.32. The fourth-order valence-corrected chi connectivity index (χ4v) is 9.43. The summed E-state index contributed by atoms with van der Waals surface area (Å²) in [6, 6.07) is 71.2. The normalized spacial score (nSPS) is 14.9.